The van der Waals surface area contributed by atoms with Crippen LogP contribution in [-0.4, -0.2) is 52.6 Å². The minimum Gasteiger partial charge on any atom is -0.378 e. The Kier molecular flexibility index (Phi) is 4.87. The molecule has 2 aromatic rings. The number of nitrogens with zero attached hydrogens (tertiary/aromatic N) is 2. The van der Waals surface area contributed by atoms with Crippen molar-refractivity contribution in [2.45, 2.75) is 23.6 Å². The predicted molar refractivity (Wildman–Crippen MR) is 116 cm³/mol. The highest BCUT2D eigenvalue weighted by Gasteiger charge is 2.23. The zero-order chi connectivity index (χ0) is 19.1. The van der Waals surface area contributed by atoms with Crippen molar-refractivity contribution in [3.63, 3.8) is 0 Å². The van der Waals surface area contributed by atoms with Crippen molar-refractivity contribution < 1.29 is 9.47 Å². The van der Waals surface area contributed by atoms with Crippen LogP contribution in [0.3, 0.4) is 0 Å². The summed E-state index contributed by atoms with van der Waals surface area (Å²) in [5.41, 5.74) is 7.70. The molecule has 3 aliphatic rings. The number of benzene rings is 2. The normalized spacial score (nSPS) is 19.1. The molecular weight excluding hydrogens is 370 g/mol. The summed E-state index contributed by atoms with van der Waals surface area (Å²) in [4.78, 5) is 7.49. The number of rotatable bonds is 2. The van der Waals surface area contributed by atoms with Crippen LogP contribution >= 0.6 is 11.8 Å². The summed E-state index contributed by atoms with van der Waals surface area (Å²) in [6.45, 7) is 11.5. The van der Waals surface area contributed by atoms with Gasteiger partial charge >= 0.3 is 0 Å². The Morgan fingerprint density at radius 3 is 1.57 bits per heavy atom. The van der Waals surface area contributed by atoms with Gasteiger partial charge in [0.1, 0.15) is 0 Å². The fraction of sp³-hybridized carbons (Fsp3) is 0.455. The van der Waals surface area contributed by atoms with Crippen LogP contribution in [0, 0.1) is 13.8 Å². The molecule has 1 N–H and O–H groups in total. The number of anilines is 4. The van der Waals surface area contributed by atoms with Crippen LogP contribution in [0.25, 0.3) is 0 Å². The molecule has 0 saturated carbocycles. The van der Waals surface area contributed by atoms with E-state index in [1.807, 2.05) is 11.8 Å². The second-order valence-corrected chi connectivity index (χ2v) is 8.78. The lowest BCUT2D eigenvalue weighted by atomic mass is 10.1. The number of hydrogen-bond donors (Lipinski definition) is 1. The number of ether oxygens (including phenoxy) is 2. The maximum absolute atomic E-state index is 5.52. The molecular formula is C22H27N3O2S. The smallest absolute Gasteiger partial charge is 0.0642 e. The van der Waals surface area contributed by atoms with Gasteiger partial charge in [0.2, 0.25) is 0 Å². The largest absolute Gasteiger partial charge is 0.378 e. The zero-order valence-corrected chi connectivity index (χ0v) is 17.4. The van der Waals surface area contributed by atoms with Crippen molar-refractivity contribution in [3.05, 3.63) is 35.4 Å². The molecule has 3 aliphatic heterocycles. The zero-order valence-electron chi connectivity index (χ0n) is 16.6. The second-order valence-electron chi connectivity index (χ2n) is 7.70. The van der Waals surface area contributed by atoms with Crippen molar-refractivity contribution in [3.8, 4) is 0 Å². The average Bonchev–Trinajstić information content (AvgIpc) is 2.74. The quantitative estimate of drug-likeness (QED) is 0.699. The van der Waals surface area contributed by atoms with Gasteiger partial charge in [-0.15, -0.1) is 0 Å². The molecule has 148 valence electrons. The van der Waals surface area contributed by atoms with E-state index in [9.17, 15) is 0 Å². The van der Waals surface area contributed by atoms with E-state index in [0.717, 1.165) is 52.6 Å². The highest BCUT2D eigenvalue weighted by molar-refractivity contribution is 7.99. The van der Waals surface area contributed by atoms with Gasteiger partial charge in [0, 0.05) is 47.3 Å². The van der Waals surface area contributed by atoms with Gasteiger partial charge in [-0.3, -0.25) is 0 Å². The summed E-state index contributed by atoms with van der Waals surface area (Å²) in [6, 6.07) is 9.29. The Morgan fingerprint density at radius 2 is 1.14 bits per heavy atom. The van der Waals surface area contributed by atoms with Crippen LogP contribution in [0.1, 0.15) is 11.1 Å². The standard InChI is InChI=1S/C22H27N3O2S/c1-15-11-17(24-3-7-26-8-4-24)13-19-21(15)23-22-16(2)12-18(14-20(22)28-19)25-5-9-27-10-6-25/h11-14,23H,3-10H2,1-2H3. The Bertz CT molecular complexity index is 818. The lowest BCUT2D eigenvalue weighted by Crippen LogP contribution is -2.36. The number of nitrogens with one attached hydrogen (secondary N) is 1. The number of fused-ring (bicyclic) bond motifs is 2. The molecule has 0 aromatic heterocycles. The van der Waals surface area contributed by atoms with E-state index in [4.69, 9.17) is 9.47 Å². The van der Waals surface area contributed by atoms with E-state index in [-0.39, 0.29) is 0 Å². The van der Waals surface area contributed by atoms with E-state index in [1.165, 1.54) is 43.7 Å². The van der Waals surface area contributed by atoms with Gasteiger partial charge in [-0.2, -0.15) is 0 Å². The van der Waals surface area contributed by atoms with Gasteiger partial charge in [-0.1, -0.05) is 11.8 Å². The van der Waals surface area contributed by atoms with Crippen LogP contribution in [-0.2, 0) is 9.47 Å². The third-order valence-electron chi connectivity index (χ3n) is 5.79. The molecule has 5 rings (SSSR count). The van der Waals surface area contributed by atoms with Crippen LogP contribution < -0.4 is 15.1 Å². The molecule has 0 unspecified atom stereocenters. The monoisotopic (exact) mass is 397 g/mol. The second kappa shape index (κ2) is 7.50. The fourth-order valence-electron chi connectivity index (χ4n) is 4.21. The molecule has 28 heavy (non-hydrogen) atoms. The first kappa shape index (κ1) is 18.2. The topological polar surface area (TPSA) is 37.0 Å². The van der Waals surface area contributed by atoms with Gasteiger partial charge in [0.05, 0.1) is 37.8 Å². The molecule has 0 spiro atoms. The molecule has 0 radical (unpaired) electrons. The Labute approximate surface area is 171 Å². The summed E-state index contributed by atoms with van der Waals surface area (Å²) < 4.78 is 11.0. The first-order valence-corrected chi connectivity index (χ1v) is 10.9. The summed E-state index contributed by atoms with van der Waals surface area (Å²) >= 11 is 1.89. The maximum atomic E-state index is 5.52. The minimum atomic E-state index is 0.812. The van der Waals surface area contributed by atoms with E-state index < -0.39 is 0 Å². The third kappa shape index (κ3) is 3.34. The fourth-order valence-corrected chi connectivity index (χ4v) is 5.43. The molecule has 3 heterocycles. The third-order valence-corrected chi connectivity index (χ3v) is 6.87. The van der Waals surface area contributed by atoms with E-state index >= 15 is 0 Å². The molecule has 0 aliphatic carbocycles. The number of morpholine rings is 2. The molecule has 5 nitrogen and oxygen atoms in total. The van der Waals surface area contributed by atoms with Gasteiger partial charge in [-0.25, -0.2) is 0 Å². The number of aryl methyl sites for hydroxylation is 2. The van der Waals surface area contributed by atoms with Crippen LogP contribution in [0.4, 0.5) is 22.7 Å². The van der Waals surface area contributed by atoms with Crippen LogP contribution in [0.5, 0.6) is 0 Å². The first-order valence-electron chi connectivity index (χ1n) is 10.1. The lowest BCUT2D eigenvalue weighted by molar-refractivity contribution is 0.122. The van der Waals surface area contributed by atoms with E-state index in [0.29, 0.717) is 0 Å². The van der Waals surface area contributed by atoms with Gasteiger partial charge in [0.15, 0.2) is 0 Å². The first-order chi connectivity index (χ1) is 13.7. The lowest BCUT2D eigenvalue weighted by Gasteiger charge is -2.33. The van der Waals surface area contributed by atoms with Crippen molar-refractivity contribution in [1.82, 2.24) is 0 Å². The summed E-state index contributed by atoms with van der Waals surface area (Å²) in [6.07, 6.45) is 0. The van der Waals surface area contributed by atoms with Crippen molar-refractivity contribution in [2.24, 2.45) is 0 Å². The Morgan fingerprint density at radius 1 is 0.714 bits per heavy atom. The average molecular weight is 398 g/mol. The molecule has 6 heteroatoms. The highest BCUT2D eigenvalue weighted by atomic mass is 32.2. The molecule has 2 aromatic carbocycles. The van der Waals surface area contributed by atoms with Gasteiger partial charge in [0.25, 0.3) is 0 Å². The summed E-state index contributed by atoms with van der Waals surface area (Å²) in [5, 5.41) is 3.73. The molecule has 0 amide bonds. The molecule has 2 fully saturated rings. The maximum Gasteiger partial charge on any atom is 0.0642 e. The van der Waals surface area contributed by atoms with Gasteiger partial charge in [-0.05, 0) is 49.2 Å². The molecule has 2 saturated heterocycles. The Hall–Kier alpha value is -1.89. The van der Waals surface area contributed by atoms with Crippen molar-refractivity contribution in [1.29, 1.82) is 0 Å². The Balaban J connectivity index is 1.48. The van der Waals surface area contributed by atoms with Crippen LogP contribution in [0.15, 0.2) is 34.1 Å². The van der Waals surface area contributed by atoms with Gasteiger partial charge < -0.3 is 24.6 Å². The van der Waals surface area contributed by atoms with Crippen molar-refractivity contribution in [2.75, 3.05) is 67.7 Å². The van der Waals surface area contributed by atoms with Crippen LogP contribution in [0.2, 0.25) is 0 Å². The van der Waals surface area contributed by atoms with Crippen molar-refractivity contribution >= 4 is 34.5 Å². The summed E-state index contributed by atoms with van der Waals surface area (Å²) in [5.74, 6) is 0. The minimum absolute atomic E-state index is 0.812. The summed E-state index contributed by atoms with van der Waals surface area (Å²) in [7, 11) is 0. The predicted octanol–water partition coefficient (Wildman–Crippen LogP) is 4.18. The molecule has 0 atom stereocenters. The van der Waals surface area contributed by atoms with E-state index in [1.54, 1.807) is 0 Å². The highest BCUT2D eigenvalue weighted by Crippen LogP contribution is 2.49. The number of hydrogen-bond acceptors (Lipinski definition) is 6. The SMILES string of the molecule is Cc1cc(N2CCOCC2)cc2c1Nc1c(C)cc(N3CCOCC3)cc1S2. The molecule has 0 bridgehead atoms. The van der Waals surface area contributed by atoms with E-state index in [2.05, 4.69) is 53.2 Å².